The van der Waals surface area contributed by atoms with Crippen LogP contribution >= 0.6 is 0 Å². The Bertz CT molecular complexity index is 1120. The van der Waals surface area contributed by atoms with E-state index in [2.05, 4.69) is 0 Å². The van der Waals surface area contributed by atoms with Crippen molar-refractivity contribution in [3.05, 3.63) is 48.0 Å². The molecule has 3 aromatic carbocycles. The number of hydrogen-bond donors (Lipinski definition) is 0. The second kappa shape index (κ2) is 6.88. The van der Waals surface area contributed by atoms with E-state index >= 15 is 0 Å². The Kier molecular flexibility index (Phi) is 4.39. The summed E-state index contributed by atoms with van der Waals surface area (Å²) >= 11 is 0. The number of carbonyl (C=O) groups is 2. The van der Waals surface area contributed by atoms with Crippen LogP contribution in [0.25, 0.3) is 21.9 Å². The number of methoxy groups -OCH3 is 1. The number of carbonyl (C=O) groups excluding carboxylic acids is 2. The molecule has 0 saturated carbocycles. The fourth-order valence-corrected chi connectivity index (χ4v) is 3.43. The van der Waals surface area contributed by atoms with Crippen LogP contribution in [0.15, 0.2) is 42.5 Å². The van der Waals surface area contributed by atoms with Crippen molar-refractivity contribution in [1.29, 1.82) is 0 Å². The largest absolute Gasteiger partial charge is 0.496 e. The SMILES string of the molecule is COc1cc2c(c3ccc(OC(C)=O)cc13)OCc1cc(OC(C)=O)ccc1-2. The van der Waals surface area contributed by atoms with Crippen LogP contribution in [0.1, 0.15) is 19.4 Å². The highest BCUT2D eigenvalue weighted by molar-refractivity contribution is 6.01. The Morgan fingerprint density at radius 1 is 0.857 bits per heavy atom. The van der Waals surface area contributed by atoms with Gasteiger partial charge in [0.25, 0.3) is 0 Å². The molecule has 6 nitrogen and oxygen atoms in total. The summed E-state index contributed by atoms with van der Waals surface area (Å²) < 4.78 is 22.0. The lowest BCUT2D eigenvalue weighted by Gasteiger charge is -2.24. The normalized spacial score (nSPS) is 11.8. The lowest BCUT2D eigenvalue weighted by atomic mass is 9.93. The molecule has 0 aliphatic carbocycles. The number of hydrogen-bond acceptors (Lipinski definition) is 6. The average molecular weight is 378 g/mol. The zero-order valence-corrected chi connectivity index (χ0v) is 15.7. The van der Waals surface area contributed by atoms with Crippen LogP contribution in [0.5, 0.6) is 23.0 Å². The smallest absolute Gasteiger partial charge is 0.308 e. The fraction of sp³-hybridized carbons (Fsp3) is 0.182. The molecule has 142 valence electrons. The van der Waals surface area contributed by atoms with E-state index in [4.69, 9.17) is 18.9 Å². The lowest BCUT2D eigenvalue weighted by molar-refractivity contribution is -0.132. The van der Waals surface area contributed by atoms with Gasteiger partial charge in [0.15, 0.2) is 0 Å². The van der Waals surface area contributed by atoms with Crippen LogP contribution in [0.2, 0.25) is 0 Å². The van der Waals surface area contributed by atoms with Crippen molar-refractivity contribution in [1.82, 2.24) is 0 Å². The van der Waals surface area contributed by atoms with E-state index < -0.39 is 0 Å². The van der Waals surface area contributed by atoms with E-state index in [1.165, 1.54) is 13.8 Å². The van der Waals surface area contributed by atoms with Crippen molar-refractivity contribution >= 4 is 22.7 Å². The lowest BCUT2D eigenvalue weighted by Crippen LogP contribution is -2.08. The molecule has 0 bridgehead atoms. The predicted molar refractivity (Wildman–Crippen MR) is 103 cm³/mol. The van der Waals surface area contributed by atoms with E-state index in [1.807, 2.05) is 18.2 Å². The summed E-state index contributed by atoms with van der Waals surface area (Å²) in [5, 5.41) is 1.65. The summed E-state index contributed by atoms with van der Waals surface area (Å²) in [6.45, 7) is 3.08. The molecule has 0 atom stereocenters. The van der Waals surface area contributed by atoms with Gasteiger partial charge in [-0.25, -0.2) is 0 Å². The third-order valence-electron chi connectivity index (χ3n) is 4.50. The first-order valence-corrected chi connectivity index (χ1v) is 8.74. The number of benzene rings is 3. The molecule has 3 aromatic rings. The van der Waals surface area contributed by atoms with Gasteiger partial charge in [-0.2, -0.15) is 0 Å². The third-order valence-corrected chi connectivity index (χ3v) is 4.50. The minimum atomic E-state index is -0.384. The maximum Gasteiger partial charge on any atom is 0.308 e. The first-order valence-electron chi connectivity index (χ1n) is 8.74. The van der Waals surface area contributed by atoms with Crippen LogP contribution < -0.4 is 18.9 Å². The molecule has 0 spiro atoms. The van der Waals surface area contributed by atoms with E-state index in [0.29, 0.717) is 23.9 Å². The van der Waals surface area contributed by atoms with Gasteiger partial charge >= 0.3 is 11.9 Å². The number of ether oxygens (including phenoxy) is 4. The van der Waals surface area contributed by atoms with Gasteiger partial charge in [-0.3, -0.25) is 9.59 Å². The molecule has 28 heavy (non-hydrogen) atoms. The average Bonchev–Trinajstić information content (AvgIpc) is 2.65. The van der Waals surface area contributed by atoms with E-state index in [0.717, 1.165) is 33.2 Å². The van der Waals surface area contributed by atoms with Crippen molar-refractivity contribution < 1.29 is 28.5 Å². The van der Waals surface area contributed by atoms with E-state index in [-0.39, 0.29) is 11.9 Å². The summed E-state index contributed by atoms with van der Waals surface area (Å²) in [7, 11) is 1.59. The zero-order chi connectivity index (χ0) is 19.8. The first-order chi connectivity index (χ1) is 13.5. The van der Waals surface area contributed by atoms with Crippen LogP contribution in [0.3, 0.4) is 0 Å². The Hall–Kier alpha value is -3.54. The topological polar surface area (TPSA) is 71.1 Å². The molecule has 0 N–H and O–H groups in total. The number of esters is 2. The molecule has 1 aliphatic heterocycles. The summed E-state index contributed by atoms with van der Waals surface area (Å²) in [5.41, 5.74) is 2.80. The first kappa shape index (κ1) is 17.9. The highest BCUT2D eigenvalue weighted by Gasteiger charge is 2.23. The Labute approximate surface area is 161 Å². The van der Waals surface area contributed by atoms with E-state index in [1.54, 1.807) is 31.4 Å². The summed E-state index contributed by atoms with van der Waals surface area (Å²) in [6.07, 6.45) is 0. The molecule has 0 unspecified atom stereocenters. The van der Waals surface area contributed by atoms with Crippen molar-refractivity contribution in [3.63, 3.8) is 0 Å². The maximum atomic E-state index is 11.3. The van der Waals surface area contributed by atoms with Gasteiger partial charge in [0, 0.05) is 35.7 Å². The molecule has 1 aliphatic rings. The highest BCUT2D eigenvalue weighted by atomic mass is 16.5. The Morgan fingerprint density at radius 2 is 1.54 bits per heavy atom. The number of fused-ring (bicyclic) bond motifs is 5. The summed E-state index contributed by atoms with van der Waals surface area (Å²) in [6, 6.07) is 12.7. The predicted octanol–water partition coefficient (Wildman–Crippen LogP) is 4.26. The van der Waals surface area contributed by atoms with Crippen molar-refractivity contribution in [3.8, 4) is 34.1 Å². The van der Waals surface area contributed by atoms with E-state index in [9.17, 15) is 9.59 Å². The molecule has 0 fully saturated rings. The highest BCUT2D eigenvalue weighted by Crippen LogP contribution is 2.47. The molecule has 0 amide bonds. The standard InChI is InChI=1S/C22H18O6/c1-12(23)27-15-4-6-17-14(8-15)11-26-22-18-7-5-16(28-13(2)24)9-19(18)21(25-3)10-20(17)22/h4-10H,11H2,1-3H3. The fourth-order valence-electron chi connectivity index (χ4n) is 3.43. The second-order valence-electron chi connectivity index (χ2n) is 6.46. The molecule has 0 aromatic heterocycles. The molecule has 6 heteroatoms. The minimum Gasteiger partial charge on any atom is -0.496 e. The van der Waals surface area contributed by atoms with Crippen molar-refractivity contribution in [2.75, 3.05) is 7.11 Å². The summed E-state index contributed by atoms with van der Waals surface area (Å²) in [4.78, 5) is 22.5. The Balaban J connectivity index is 1.87. The van der Waals surface area contributed by atoms with Gasteiger partial charge in [0.1, 0.15) is 29.6 Å². The van der Waals surface area contributed by atoms with Crippen LogP contribution in [-0.4, -0.2) is 19.0 Å². The molecule has 0 saturated heterocycles. The quantitative estimate of drug-likeness (QED) is 0.501. The number of rotatable bonds is 3. The van der Waals surface area contributed by atoms with Crippen molar-refractivity contribution in [2.45, 2.75) is 20.5 Å². The zero-order valence-electron chi connectivity index (χ0n) is 15.7. The van der Waals surface area contributed by atoms with Crippen molar-refractivity contribution in [2.24, 2.45) is 0 Å². The summed E-state index contributed by atoms with van der Waals surface area (Å²) in [5.74, 6) is 1.55. The third kappa shape index (κ3) is 3.13. The van der Waals surface area contributed by atoms with Crippen LogP contribution in [0, 0.1) is 0 Å². The maximum absolute atomic E-state index is 11.3. The molecular weight excluding hydrogens is 360 g/mol. The molecular formula is C22H18O6. The molecule has 0 radical (unpaired) electrons. The molecule has 4 rings (SSSR count). The minimum absolute atomic E-state index is 0.352. The molecule has 1 heterocycles. The van der Waals surface area contributed by atoms with Gasteiger partial charge in [-0.05, 0) is 42.0 Å². The second-order valence-corrected chi connectivity index (χ2v) is 6.46. The van der Waals surface area contributed by atoms with Crippen LogP contribution in [0.4, 0.5) is 0 Å². The van der Waals surface area contributed by atoms with Gasteiger partial charge in [0.05, 0.1) is 7.11 Å². The van der Waals surface area contributed by atoms with Crippen LogP contribution in [-0.2, 0) is 16.2 Å². The van der Waals surface area contributed by atoms with Gasteiger partial charge in [0.2, 0.25) is 0 Å². The van der Waals surface area contributed by atoms with Gasteiger partial charge in [-0.1, -0.05) is 6.07 Å². The Morgan fingerprint density at radius 3 is 2.21 bits per heavy atom. The van der Waals surface area contributed by atoms with Gasteiger partial charge in [-0.15, -0.1) is 0 Å². The monoisotopic (exact) mass is 378 g/mol. The van der Waals surface area contributed by atoms with Gasteiger partial charge < -0.3 is 18.9 Å².